The minimum atomic E-state index is -0.110. The number of rotatable bonds is 2. The van der Waals surface area contributed by atoms with Crippen molar-refractivity contribution in [2.75, 3.05) is 5.32 Å². The van der Waals surface area contributed by atoms with Gasteiger partial charge in [0, 0.05) is 39.1 Å². The Balaban J connectivity index is 1.43. The number of nitrogens with one attached hydrogen (secondary N) is 1. The van der Waals surface area contributed by atoms with Crippen LogP contribution in [-0.4, -0.2) is 0 Å². The van der Waals surface area contributed by atoms with Gasteiger partial charge < -0.3 is 14.5 Å². The van der Waals surface area contributed by atoms with Crippen LogP contribution in [0.4, 0.5) is 11.4 Å². The van der Waals surface area contributed by atoms with E-state index in [-0.39, 0.29) is 5.41 Å². The Hall–Kier alpha value is -3.72. The second kappa shape index (κ2) is 6.14. The normalized spacial score (nSPS) is 14.2. The summed E-state index contributed by atoms with van der Waals surface area (Å²) in [6.07, 6.45) is 0. The fraction of sp³-hybridized carbons (Fsp3) is 0.111. The number of hydrogen-bond acceptors (Lipinski definition) is 3. The smallest absolute Gasteiger partial charge is 0.158 e. The predicted molar refractivity (Wildman–Crippen MR) is 122 cm³/mol. The summed E-state index contributed by atoms with van der Waals surface area (Å²) in [5.41, 5.74) is 5.97. The van der Waals surface area contributed by atoms with Gasteiger partial charge in [-0.3, -0.25) is 0 Å². The quantitative estimate of drug-likeness (QED) is 0.334. The molecular formula is C27H21NO2. The Morgan fingerprint density at radius 3 is 2.40 bits per heavy atom. The number of para-hydroxylation sites is 3. The Kier molecular flexibility index (Phi) is 3.51. The Morgan fingerprint density at radius 1 is 0.700 bits per heavy atom. The molecule has 30 heavy (non-hydrogen) atoms. The lowest BCUT2D eigenvalue weighted by Crippen LogP contribution is -2.24. The maximum atomic E-state index is 6.26. The van der Waals surface area contributed by atoms with E-state index in [0.717, 1.165) is 44.8 Å². The Bertz CT molecular complexity index is 1430. The number of furan rings is 1. The molecule has 1 aliphatic rings. The van der Waals surface area contributed by atoms with Crippen molar-refractivity contribution in [3.63, 3.8) is 0 Å². The van der Waals surface area contributed by atoms with Crippen molar-refractivity contribution in [1.82, 2.24) is 0 Å². The van der Waals surface area contributed by atoms with Gasteiger partial charge in [-0.05, 0) is 24.3 Å². The van der Waals surface area contributed by atoms with Gasteiger partial charge in [-0.25, -0.2) is 0 Å². The molecule has 0 aliphatic carbocycles. The largest absolute Gasteiger partial charge is 0.457 e. The summed E-state index contributed by atoms with van der Waals surface area (Å²) >= 11 is 0. The molecule has 0 saturated carbocycles. The fourth-order valence-electron chi connectivity index (χ4n) is 4.54. The highest BCUT2D eigenvalue weighted by Gasteiger charge is 2.33. The third-order valence-corrected chi connectivity index (χ3v) is 6.12. The topological polar surface area (TPSA) is 34.4 Å². The van der Waals surface area contributed by atoms with E-state index in [4.69, 9.17) is 9.15 Å². The summed E-state index contributed by atoms with van der Waals surface area (Å²) in [5.74, 6) is 1.81. The van der Waals surface area contributed by atoms with Gasteiger partial charge in [0.25, 0.3) is 0 Å². The average molecular weight is 391 g/mol. The molecule has 0 fully saturated rings. The highest BCUT2D eigenvalue weighted by molar-refractivity contribution is 6.09. The predicted octanol–water partition coefficient (Wildman–Crippen LogP) is 7.76. The lowest BCUT2D eigenvalue weighted by molar-refractivity contribution is 0.418. The van der Waals surface area contributed by atoms with Crippen LogP contribution in [-0.2, 0) is 5.41 Å². The van der Waals surface area contributed by atoms with Gasteiger partial charge in [-0.15, -0.1) is 0 Å². The summed E-state index contributed by atoms with van der Waals surface area (Å²) in [6, 6.07) is 29.0. The van der Waals surface area contributed by atoms with Gasteiger partial charge in [0.05, 0.1) is 5.69 Å². The van der Waals surface area contributed by atoms with Gasteiger partial charge in [0.15, 0.2) is 5.58 Å². The van der Waals surface area contributed by atoms with Gasteiger partial charge in [-0.2, -0.15) is 0 Å². The van der Waals surface area contributed by atoms with Crippen LogP contribution in [0.5, 0.6) is 11.5 Å². The molecule has 0 saturated heterocycles. The molecule has 1 N–H and O–H groups in total. The molecule has 1 aromatic heterocycles. The zero-order chi connectivity index (χ0) is 20.3. The van der Waals surface area contributed by atoms with E-state index in [9.17, 15) is 0 Å². The zero-order valence-corrected chi connectivity index (χ0v) is 16.9. The minimum absolute atomic E-state index is 0.110. The van der Waals surface area contributed by atoms with Crippen LogP contribution in [0.2, 0.25) is 0 Å². The highest BCUT2D eigenvalue weighted by atomic mass is 16.5. The molecular weight excluding hydrogens is 370 g/mol. The average Bonchev–Trinajstić information content (AvgIpc) is 3.14. The second-order valence-electron chi connectivity index (χ2n) is 8.34. The van der Waals surface area contributed by atoms with Gasteiger partial charge in [0.2, 0.25) is 0 Å². The van der Waals surface area contributed by atoms with Crippen LogP contribution in [0.1, 0.15) is 25.0 Å². The first-order valence-corrected chi connectivity index (χ1v) is 10.2. The summed E-state index contributed by atoms with van der Waals surface area (Å²) in [4.78, 5) is 0. The number of hydrogen-bond donors (Lipinski definition) is 1. The molecule has 4 aromatic carbocycles. The Labute approximate surface area is 174 Å². The van der Waals surface area contributed by atoms with E-state index in [1.165, 1.54) is 11.1 Å². The standard InChI is InChI=1S/C27H21NO2/c1-27(2)20-10-4-6-13-24(20)29-25-16-17(14-15-21(25)27)28-22-11-7-9-19-18-8-3-5-12-23(18)30-26(19)22/h3-16,28H,1-2H3. The first-order valence-electron chi connectivity index (χ1n) is 10.2. The summed E-state index contributed by atoms with van der Waals surface area (Å²) in [5, 5.41) is 5.77. The van der Waals surface area contributed by atoms with Crippen molar-refractivity contribution in [2.45, 2.75) is 19.3 Å². The molecule has 0 amide bonds. The molecule has 2 heterocycles. The molecule has 0 radical (unpaired) electrons. The van der Waals surface area contributed by atoms with Gasteiger partial charge >= 0.3 is 0 Å². The molecule has 1 aliphatic heterocycles. The van der Waals surface area contributed by atoms with Crippen LogP contribution < -0.4 is 10.1 Å². The van der Waals surface area contributed by atoms with E-state index >= 15 is 0 Å². The summed E-state index contributed by atoms with van der Waals surface area (Å²) < 4.78 is 12.4. The van der Waals surface area contributed by atoms with Crippen molar-refractivity contribution in [2.24, 2.45) is 0 Å². The van der Waals surface area contributed by atoms with Crippen molar-refractivity contribution < 1.29 is 9.15 Å². The van der Waals surface area contributed by atoms with Crippen molar-refractivity contribution in [3.05, 3.63) is 96.1 Å². The fourth-order valence-corrected chi connectivity index (χ4v) is 4.54. The highest BCUT2D eigenvalue weighted by Crippen LogP contribution is 2.48. The molecule has 146 valence electrons. The number of anilines is 2. The molecule has 3 heteroatoms. The van der Waals surface area contributed by atoms with Crippen molar-refractivity contribution in [1.29, 1.82) is 0 Å². The molecule has 0 spiro atoms. The lowest BCUT2D eigenvalue weighted by Gasteiger charge is -2.34. The number of ether oxygens (including phenoxy) is 1. The third-order valence-electron chi connectivity index (χ3n) is 6.12. The van der Waals surface area contributed by atoms with Crippen molar-refractivity contribution in [3.8, 4) is 11.5 Å². The van der Waals surface area contributed by atoms with E-state index in [1.807, 2.05) is 36.4 Å². The van der Waals surface area contributed by atoms with Crippen LogP contribution >= 0.6 is 0 Å². The van der Waals surface area contributed by atoms with E-state index in [1.54, 1.807) is 0 Å². The van der Waals surface area contributed by atoms with Crippen LogP contribution in [0, 0.1) is 0 Å². The summed E-state index contributed by atoms with van der Waals surface area (Å²) in [6.45, 7) is 4.49. The van der Waals surface area contributed by atoms with E-state index < -0.39 is 0 Å². The number of fused-ring (bicyclic) bond motifs is 5. The monoisotopic (exact) mass is 391 g/mol. The molecule has 6 rings (SSSR count). The van der Waals surface area contributed by atoms with Crippen LogP contribution in [0.15, 0.2) is 89.3 Å². The van der Waals surface area contributed by atoms with E-state index in [0.29, 0.717) is 0 Å². The van der Waals surface area contributed by atoms with Crippen molar-refractivity contribution >= 4 is 33.3 Å². The second-order valence-corrected chi connectivity index (χ2v) is 8.34. The third kappa shape index (κ3) is 2.45. The van der Waals surface area contributed by atoms with Crippen LogP contribution in [0.25, 0.3) is 21.9 Å². The summed E-state index contributed by atoms with van der Waals surface area (Å²) in [7, 11) is 0. The SMILES string of the molecule is CC1(C)c2ccccc2Oc2cc(Nc3cccc4c3oc3ccccc34)ccc21. The molecule has 0 bridgehead atoms. The molecule has 3 nitrogen and oxygen atoms in total. The zero-order valence-electron chi connectivity index (χ0n) is 16.9. The molecule has 0 unspecified atom stereocenters. The molecule has 5 aromatic rings. The Morgan fingerprint density at radius 2 is 1.47 bits per heavy atom. The first kappa shape index (κ1) is 17.2. The molecule has 0 atom stereocenters. The first-order chi connectivity index (χ1) is 14.6. The lowest BCUT2D eigenvalue weighted by atomic mass is 9.76. The van der Waals surface area contributed by atoms with E-state index in [2.05, 4.69) is 67.7 Å². The maximum absolute atomic E-state index is 6.26. The van der Waals surface area contributed by atoms with Gasteiger partial charge in [0.1, 0.15) is 17.1 Å². The maximum Gasteiger partial charge on any atom is 0.158 e. The van der Waals surface area contributed by atoms with Gasteiger partial charge in [-0.1, -0.05) is 68.4 Å². The van der Waals surface area contributed by atoms with Crippen LogP contribution in [0.3, 0.4) is 0 Å². The minimum Gasteiger partial charge on any atom is -0.457 e. The number of benzene rings is 4.